The highest BCUT2D eigenvalue weighted by molar-refractivity contribution is 5.89. The highest BCUT2D eigenvalue weighted by Crippen LogP contribution is 2.23. The van der Waals surface area contributed by atoms with Crippen molar-refractivity contribution in [2.45, 2.75) is 45.4 Å². The van der Waals surface area contributed by atoms with Gasteiger partial charge in [-0.2, -0.15) is 0 Å². The Kier molecular flexibility index (Phi) is 6.39. The van der Waals surface area contributed by atoms with Crippen LogP contribution in [0.5, 0.6) is 0 Å². The molecule has 1 amide bonds. The van der Waals surface area contributed by atoms with Crippen LogP contribution in [0.1, 0.15) is 49.7 Å². The monoisotopic (exact) mass is 355 g/mol. The van der Waals surface area contributed by atoms with Crippen molar-refractivity contribution in [1.82, 2.24) is 5.32 Å². The van der Waals surface area contributed by atoms with Gasteiger partial charge in [0.2, 0.25) is 0 Å². The van der Waals surface area contributed by atoms with Crippen molar-refractivity contribution in [3.05, 3.63) is 71.8 Å². The molecule has 0 saturated carbocycles. The summed E-state index contributed by atoms with van der Waals surface area (Å²) in [4.78, 5) is 24.6. The quantitative estimate of drug-likeness (QED) is 0.802. The van der Waals surface area contributed by atoms with E-state index in [0.717, 1.165) is 5.56 Å². The number of esters is 1. The molecule has 0 aromatic heterocycles. The van der Waals surface area contributed by atoms with Gasteiger partial charge < -0.3 is 14.8 Å². The third-order valence-electron chi connectivity index (χ3n) is 3.57. The average Bonchev–Trinajstić information content (AvgIpc) is 2.59. The number of rotatable bonds is 5. The lowest BCUT2D eigenvalue weighted by Crippen LogP contribution is -2.41. The predicted molar refractivity (Wildman–Crippen MR) is 99.9 cm³/mol. The van der Waals surface area contributed by atoms with Crippen LogP contribution in [0.2, 0.25) is 0 Å². The van der Waals surface area contributed by atoms with Crippen LogP contribution in [-0.4, -0.2) is 23.7 Å². The van der Waals surface area contributed by atoms with Gasteiger partial charge >= 0.3 is 12.1 Å². The fraction of sp³-hybridized carbons (Fsp3) is 0.333. The first-order chi connectivity index (χ1) is 12.3. The van der Waals surface area contributed by atoms with Gasteiger partial charge in [0, 0.05) is 0 Å². The van der Waals surface area contributed by atoms with Gasteiger partial charge in [0.05, 0.1) is 11.6 Å². The number of ether oxygens (including phenoxy) is 2. The first-order valence-electron chi connectivity index (χ1n) is 8.57. The molecule has 5 nitrogen and oxygen atoms in total. The Morgan fingerprint density at radius 2 is 1.46 bits per heavy atom. The molecule has 2 aromatic rings. The van der Waals surface area contributed by atoms with Crippen molar-refractivity contribution in [3.8, 4) is 0 Å². The molecule has 5 heteroatoms. The van der Waals surface area contributed by atoms with Gasteiger partial charge in [-0.3, -0.25) is 0 Å². The summed E-state index contributed by atoms with van der Waals surface area (Å²) in [5.41, 5.74) is 0.644. The van der Waals surface area contributed by atoms with E-state index in [1.165, 1.54) is 0 Å². The molecule has 0 aliphatic carbocycles. The van der Waals surface area contributed by atoms with E-state index in [4.69, 9.17) is 9.47 Å². The molecule has 0 bridgehead atoms. The lowest BCUT2D eigenvalue weighted by Gasteiger charge is -2.27. The van der Waals surface area contributed by atoms with Crippen molar-refractivity contribution in [2.24, 2.45) is 0 Å². The minimum atomic E-state index is -0.642. The van der Waals surface area contributed by atoms with Gasteiger partial charge in [-0.15, -0.1) is 0 Å². The largest absolute Gasteiger partial charge is 0.452 e. The third-order valence-corrected chi connectivity index (χ3v) is 3.57. The molecule has 0 saturated heterocycles. The lowest BCUT2D eigenvalue weighted by atomic mass is 10.0. The lowest BCUT2D eigenvalue weighted by molar-refractivity contribution is 0.0152. The molecular formula is C21H25NO4. The van der Waals surface area contributed by atoms with Crippen molar-refractivity contribution in [2.75, 3.05) is 0 Å². The minimum Gasteiger partial charge on any atom is -0.452 e. The highest BCUT2D eigenvalue weighted by atomic mass is 16.6. The second-order valence-electron chi connectivity index (χ2n) is 7.04. The molecule has 2 atom stereocenters. The molecule has 138 valence electrons. The van der Waals surface area contributed by atoms with Gasteiger partial charge in [-0.1, -0.05) is 48.5 Å². The van der Waals surface area contributed by atoms with Crippen LogP contribution in [0.25, 0.3) is 0 Å². The number of carbonyl (C=O) groups is 2. The number of alkyl carbamates (subject to hydrolysis) is 1. The van der Waals surface area contributed by atoms with Crippen LogP contribution in [0.15, 0.2) is 60.7 Å². The Balaban J connectivity index is 2.16. The number of amides is 1. The number of hydrogen-bond donors (Lipinski definition) is 1. The molecule has 2 aromatic carbocycles. The Morgan fingerprint density at radius 1 is 0.923 bits per heavy atom. The molecule has 26 heavy (non-hydrogen) atoms. The molecule has 0 heterocycles. The highest BCUT2D eigenvalue weighted by Gasteiger charge is 2.27. The summed E-state index contributed by atoms with van der Waals surface area (Å²) < 4.78 is 11.0. The SMILES string of the molecule is C[C@H](NC(=O)OC(C)(C)C)[C@@H](OC(=O)c1ccccc1)c1ccccc1. The van der Waals surface area contributed by atoms with E-state index in [-0.39, 0.29) is 0 Å². The summed E-state index contributed by atoms with van der Waals surface area (Å²) in [6.45, 7) is 7.16. The molecule has 1 N–H and O–H groups in total. The Hall–Kier alpha value is -2.82. The summed E-state index contributed by atoms with van der Waals surface area (Å²) in [5.74, 6) is -0.447. The van der Waals surface area contributed by atoms with E-state index < -0.39 is 29.8 Å². The van der Waals surface area contributed by atoms with Crippen LogP contribution in [0.4, 0.5) is 4.79 Å². The molecule has 0 aliphatic heterocycles. The molecule has 0 aliphatic rings. The van der Waals surface area contributed by atoms with Gasteiger partial charge in [0.15, 0.2) is 0 Å². The van der Waals surface area contributed by atoms with Gasteiger partial charge in [-0.25, -0.2) is 9.59 Å². The average molecular weight is 355 g/mol. The summed E-state index contributed by atoms with van der Waals surface area (Å²) in [6, 6.07) is 17.6. The normalized spacial score (nSPS) is 13.4. The van der Waals surface area contributed by atoms with E-state index in [1.54, 1.807) is 52.0 Å². The molecule has 0 unspecified atom stereocenters. The maximum Gasteiger partial charge on any atom is 0.408 e. The number of hydrogen-bond acceptors (Lipinski definition) is 4. The van der Waals surface area contributed by atoms with Gasteiger partial charge in [0.1, 0.15) is 11.7 Å². The van der Waals surface area contributed by atoms with Crippen molar-refractivity contribution >= 4 is 12.1 Å². The molecular weight excluding hydrogens is 330 g/mol. The Bertz CT molecular complexity index is 723. The first-order valence-corrected chi connectivity index (χ1v) is 8.57. The molecule has 2 rings (SSSR count). The van der Waals surface area contributed by atoms with Crippen LogP contribution >= 0.6 is 0 Å². The van der Waals surface area contributed by atoms with Crippen LogP contribution < -0.4 is 5.32 Å². The summed E-state index contributed by atoms with van der Waals surface area (Å²) in [6.07, 6.45) is -1.20. The van der Waals surface area contributed by atoms with Crippen LogP contribution in [0.3, 0.4) is 0 Å². The maximum atomic E-state index is 12.5. The number of carbonyl (C=O) groups excluding carboxylic acids is 2. The second kappa shape index (κ2) is 8.52. The predicted octanol–water partition coefficient (Wildman–Crippen LogP) is 4.50. The van der Waals surface area contributed by atoms with E-state index in [0.29, 0.717) is 5.56 Å². The maximum absolute atomic E-state index is 12.5. The summed E-state index contributed by atoms with van der Waals surface area (Å²) in [7, 11) is 0. The molecule has 0 fully saturated rings. The van der Waals surface area contributed by atoms with Crippen molar-refractivity contribution in [1.29, 1.82) is 0 Å². The van der Waals surface area contributed by atoms with Gasteiger partial charge in [-0.05, 0) is 45.4 Å². The smallest absolute Gasteiger partial charge is 0.408 e. The number of nitrogens with one attached hydrogen (secondary N) is 1. The zero-order valence-electron chi connectivity index (χ0n) is 15.6. The topological polar surface area (TPSA) is 64.6 Å². The fourth-order valence-corrected chi connectivity index (χ4v) is 2.43. The zero-order chi connectivity index (χ0) is 19.2. The van der Waals surface area contributed by atoms with E-state index >= 15 is 0 Å². The molecule has 0 radical (unpaired) electrons. The molecule has 0 spiro atoms. The Morgan fingerprint density at radius 3 is 2.00 bits per heavy atom. The second-order valence-corrected chi connectivity index (χ2v) is 7.04. The van der Waals surface area contributed by atoms with Crippen molar-refractivity contribution in [3.63, 3.8) is 0 Å². The standard InChI is InChI=1S/C21H25NO4/c1-15(22-20(24)26-21(2,3)4)18(16-11-7-5-8-12-16)25-19(23)17-13-9-6-10-14-17/h5-15,18H,1-4H3,(H,22,24)/t15-,18+/m0/s1. The third kappa shape index (κ3) is 5.92. The van der Waals surface area contributed by atoms with E-state index in [9.17, 15) is 9.59 Å². The fourth-order valence-electron chi connectivity index (χ4n) is 2.43. The van der Waals surface area contributed by atoms with Crippen LogP contribution in [0, 0.1) is 0 Å². The van der Waals surface area contributed by atoms with Crippen molar-refractivity contribution < 1.29 is 19.1 Å². The number of benzene rings is 2. The van der Waals surface area contributed by atoms with E-state index in [1.807, 2.05) is 36.4 Å². The summed E-state index contributed by atoms with van der Waals surface area (Å²) in [5, 5.41) is 2.75. The zero-order valence-corrected chi connectivity index (χ0v) is 15.6. The Labute approximate surface area is 154 Å². The van der Waals surface area contributed by atoms with Gasteiger partial charge in [0.25, 0.3) is 0 Å². The first kappa shape index (κ1) is 19.5. The minimum absolute atomic E-state index is 0.447. The summed E-state index contributed by atoms with van der Waals surface area (Å²) >= 11 is 0. The van der Waals surface area contributed by atoms with Crippen LogP contribution in [-0.2, 0) is 9.47 Å². The van der Waals surface area contributed by atoms with E-state index in [2.05, 4.69) is 5.32 Å².